The van der Waals surface area contributed by atoms with Crippen molar-refractivity contribution in [2.45, 2.75) is 63.6 Å². The molecule has 1 aromatic heterocycles. The summed E-state index contributed by atoms with van der Waals surface area (Å²) in [6.07, 6.45) is 3.59. The fraction of sp³-hybridized carbons (Fsp3) is 0.455. The van der Waals surface area contributed by atoms with Crippen molar-refractivity contribution < 1.29 is 4.79 Å². The summed E-state index contributed by atoms with van der Waals surface area (Å²) in [6.45, 7) is 4.25. The first kappa shape index (κ1) is 24.1. The van der Waals surface area contributed by atoms with Crippen LogP contribution in [0.1, 0.15) is 62.4 Å². The van der Waals surface area contributed by atoms with E-state index in [9.17, 15) is 9.59 Å². The first-order valence-corrected chi connectivity index (χ1v) is 10.9. The number of nitrogen functional groups attached to an aromatic ring is 1. The summed E-state index contributed by atoms with van der Waals surface area (Å²) < 4.78 is 1.52. The van der Waals surface area contributed by atoms with Crippen LogP contribution in [0.5, 0.6) is 0 Å². The van der Waals surface area contributed by atoms with E-state index in [1.807, 2.05) is 26.0 Å². The number of benzene rings is 1. The minimum atomic E-state index is -0.656. The van der Waals surface area contributed by atoms with Crippen LogP contribution < -0.4 is 21.9 Å². The first-order valence-electron chi connectivity index (χ1n) is 10.5. The third-order valence-corrected chi connectivity index (χ3v) is 6.47. The predicted molar refractivity (Wildman–Crippen MR) is 128 cm³/mol. The average Bonchev–Trinajstić information content (AvgIpc) is 2.98. The molecule has 0 bridgehead atoms. The number of anilines is 1. The molecule has 10 heteroatoms. The first-order chi connectivity index (χ1) is 14.7. The number of amidine groups is 1. The highest BCUT2D eigenvalue weighted by molar-refractivity contribution is 6.30. The molecule has 4 rings (SSSR count). The number of carbonyl (C=O) groups is 1. The number of carbonyl (C=O) groups excluding carboxylic acids is 1. The topological polar surface area (TPSA) is 126 Å². The molecular formula is C22H28Cl2N6O2. The number of nitrogens with zero attached hydrogens (tertiary/aromatic N) is 2. The maximum atomic E-state index is 13.2. The lowest BCUT2D eigenvalue weighted by molar-refractivity contribution is -0.124. The fourth-order valence-corrected chi connectivity index (χ4v) is 4.68. The van der Waals surface area contributed by atoms with Gasteiger partial charge in [0.25, 0.3) is 5.56 Å². The lowest BCUT2D eigenvalue weighted by Gasteiger charge is -2.27. The molecule has 2 aliphatic rings. The smallest absolute Gasteiger partial charge is 0.294 e. The van der Waals surface area contributed by atoms with Crippen molar-refractivity contribution in [3.63, 3.8) is 0 Å². The summed E-state index contributed by atoms with van der Waals surface area (Å²) in [7, 11) is 0. The van der Waals surface area contributed by atoms with Crippen molar-refractivity contribution in [2.24, 2.45) is 5.73 Å². The van der Waals surface area contributed by atoms with Gasteiger partial charge in [-0.15, -0.1) is 12.4 Å². The van der Waals surface area contributed by atoms with Crippen LogP contribution in [-0.4, -0.2) is 27.3 Å². The van der Waals surface area contributed by atoms with Gasteiger partial charge in [0, 0.05) is 23.6 Å². The van der Waals surface area contributed by atoms with Gasteiger partial charge in [0.05, 0.1) is 5.69 Å². The second-order valence-corrected chi connectivity index (χ2v) is 9.34. The van der Waals surface area contributed by atoms with Crippen LogP contribution in [0.4, 0.5) is 5.82 Å². The molecule has 1 fully saturated rings. The molecule has 0 saturated heterocycles. The zero-order chi connectivity index (χ0) is 22.3. The fourth-order valence-electron chi connectivity index (χ4n) is 4.25. The Kier molecular flexibility index (Phi) is 6.86. The van der Waals surface area contributed by atoms with Gasteiger partial charge in [-0.25, -0.2) is 4.98 Å². The number of hydrogen-bond donors (Lipinski definition) is 4. The summed E-state index contributed by atoms with van der Waals surface area (Å²) >= 11 is 6.49. The van der Waals surface area contributed by atoms with Crippen molar-refractivity contribution >= 4 is 41.6 Å². The normalized spacial score (nSPS) is 18.8. The van der Waals surface area contributed by atoms with E-state index < -0.39 is 11.5 Å². The third kappa shape index (κ3) is 4.47. The molecule has 8 nitrogen and oxygen atoms in total. The molecule has 2 aromatic rings. The van der Waals surface area contributed by atoms with Gasteiger partial charge in [0.2, 0.25) is 5.91 Å². The van der Waals surface area contributed by atoms with Crippen LogP contribution >= 0.6 is 24.0 Å². The lowest BCUT2D eigenvalue weighted by atomic mass is 9.87. The highest BCUT2D eigenvalue weighted by atomic mass is 35.5. The van der Waals surface area contributed by atoms with Crippen molar-refractivity contribution in [3.8, 4) is 0 Å². The van der Waals surface area contributed by atoms with E-state index in [1.165, 1.54) is 4.57 Å². The monoisotopic (exact) mass is 478 g/mol. The molecular weight excluding hydrogens is 451 g/mol. The van der Waals surface area contributed by atoms with Crippen LogP contribution in [0.2, 0.25) is 5.15 Å². The van der Waals surface area contributed by atoms with Crippen molar-refractivity contribution in [1.82, 2.24) is 14.9 Å². The van der Waals surface area contributed by atoms with Crippen molar-refractivity contribution in [2.75, 3.05) is 5.32 Å². The predicted octanol–water partition coefficient (Wildman–Crippen LogP) is 3.11. The van der Waals surface area contributed by atoms with E-state index in [4.69, 9.17) is 22.7 Å². The number of halogens is 2. The van der Waals surface area contributed by atoms with Crippen LogP contribution in [0.25, 0.3) is 0 Å². The zero-order valence-corrected chi connectivity index (χ0v) is 19.6. The minimum Gasteiger partial charge on any atom is -0.384 e. The summed E-state index contributed by atoms with van der Waals surface area (Å²) in [6, 6.07) is 6.69. The Morgan fingerprint density at radius 2 is 1.97 bits per heavy atom. The number of nitrogens with one attached hydrogen (secondary N) is 3. The van der Waals surface area contributed by atoms with Crippen molar-refractivity contribution in [1.29, 1.82) is 5.41 Å². The maximum absolute atomic E-state index is 13.2. The number of hydrogen-bond acceptors (Lipinski definition) is 5. The van der Waals surface area contributed by atoms with Gasteiger partial charge in [-0.05, 0) is 31.2 Å². The number of amides is 1. The second-order valence-electron chi connectivity index (χ2n) is 8.98. The molecule has 5 N–H and O–H groups in total. The molecule has 0 radical (unpaired) electrons. The molecule has 1 aliphatic heterocycles. The standard InChI is InChI=1S/C22H27ClN6O2.ClH/c1-22(2)10-15(20(30)26-11-12-6-8-13(9-7-12)18(24)25)29-16(22)17(23)28-19(21(29)31)27-14-4-3-5-14;/h6-9,14-15H,3-5,10-11H2,1-2H3,(H3,24,25)(H,26,30)(H,27,28);1H/t15-;/m0./s1. The van der Waals surface area contributed by atoms with Gasteiger partial charge in [-0.1, -0.05) is 49.7 Å². The molecule has 0 spiro atoms. The zero-order valence-electron chi connectivity index (χ0n) is 18.1. The van der Waals surface area contributed by atoms with Gasteiger partial charge < -0.3 is 16.4 Å². The SMILES string of the molecule is CC1(C)C[C@@H](C(=O)NCc2ccc(C(=N)N)cc2)n2c1c(Cl)nc(NC1CCC1)c2=O.Cl. The summed E-state index contributed by atoms with van der Waals surface area (Å²) in [5.74, 6) is -0.0215. The van der Waals surface area contributed by atoms with Gasteiger partial charge >= 0.3 is 0 Å². The molecule has 1 amide bonds. The maximum Gasteiger partial charge on any atom is 0.294 e. The quantitative estimate of drug-likeness (QED) is 0.374. The molecule has 2 heterocycles. The van der Waals surface area contributed by atoms with Gasteiger partial charge in [-0.3, -0.25) is 19.6 Å². The molecule has 1 aliphatic carbocycles. The Morgan fingerprint density at radius 3 is 2.53 bits per heavy atom. The van der Waals surface area contributed by atoms with E-state index in [0.29, 0.717) is 24.2 Å². The van der Waals surface area contributed by atoms with Gasteiger partial charge in [-0.2, -0.15) is 0 Å². The average molecular weight is 479 g/mol. The molecule has 1 atom stereocenters. The van der Waals surface area contributed by atoms with Crippen LogP contribution in [0.15, 0.2) is 29.1 Å². The highest BCUT2D eigenvalue weighted by Gasteiger charge is 2.44. The van der Waals surface area contributed by atoms with Gasteiger partial charge in [0.1, 0.15) is 11.9 Å². The van der Waals surface area contributed by atoms with Crippen LogP contribution in [0.3, 0.4) is 0 Å². The van der Waals surface area contributed by atoms with Crippen molar-refractivity contribution in [3.05, 3.63) is 56.6 Å². The van der Waals surface area contributed by atoms with Crippen LogP contribution in [-0.2, 0) is 16.8 Å². The van der Waals surface area contributed by atoms with E-state index >= 15 is 0 Å². The van der Waals surface area contributed by atoms with Gasteiger partial charge in [0.15, 0.2) is 11.0 Å². The minimum absolute atomic E-state index is 0. The van der Waals surface area contributed by atoms with E-state index in [1.54, 1.807) is 12.1 Å². The summed E-state index contributed by atoms with van der Waals surface area (Å²) in [5, 5.41) is 13.8. The van der Waals surface area contributed by atoms with Crippen LogP contribution in [0, 0.1) is 5.41 Å². The Balaban J connectivity index is 0.00000289. The summed E-state index contributed by atoms with van der Waals surface area (Å²) in [4.78, 5) is 30.7. The molecule has 0 unspecified atom stereocenters. The Hall–Kier alpha value is -2.58. The molecule has 1 saturated carbocycles. The number of rotatable bonds is 6. The van der Waals surface area contributed by atoms with E-state index in [2.05, 4.69) is 15.6 Å². The largest absolute Gasteiger partial charge is 0.384 e. The number of fused-ring (bicyclic) bond motifs is 1. The number of nitrogens with two attached hydrogens (primary N) is 1. The third-order valence-electron chi connectivity index (χ3n) is 6.20. The van der Waals surface area contributed by atoms with E-state index in [-0.39, 0.29) is 46.7 Å². The summed E-state index contributed by atoms with van der Waals surface area (Å²) in [5.41, 5.74) is 6.83. The molecule has 172 valence electrons. The Morgan fingerprint density at radius 1 is 1.31 bits per heavy atom. The molecule has 1 aromatic carbocycles. The highest BCUT2D eigenvalue weighted by Crippen LogP contribution is 2.43. The Labute approximate surface area is 197 Å². The Bertz CT molecular complexity index is 1090. The second kappa shape index (κ2) is 9.11. The number of aromatic nitrogens is 2. The van der Waals surface area contributed by atoms with E-state index in [0.717, 1.165) is 24.8 Å². The molecule has 32 heavy (non-hydrogen) atoms. The lowest BCUT2D eigenvalue weighted by Crippen LogP contribution is -2.38.